The van der Waals surface area contributed by atoms with Crippen LogP contribution in [0.5, 0.6) is 0 Å². The third-order valence-electron chi connectivity index (χ3n) is 2.76. The second-order valence-electron chi connectivity index (χ2n) is 4.55. The van der Waals surface area contributed by atoms with Crippen molar-refractivity contribution in [3.05, 3.63) is 17.6 Å². The van der Waals surface area contributed by atoms with E-state index in [1.54, 1.807) is 0 Å². The summed E-state index contributed by atoms with van der Waals surface area (Å²) in [6, 6.07) is 2.52. The molecule has 1 aromatic heterocycles. The summed E-state index contributed by atoms with van der Waals surface area (Å²) in [7, 11) is 0. The second-order valence-corrected chi connectivity index (χ2v) is 4.55. The van der Waals surface area contributed by atoms with Crippen LogP contribution in [0.3, 0.4) is 0 Å². The minimum atomic E-state index is 0.431. The zero-order chi connectivity index (χ0) is 12.8. The molecule has 0 atom stereocenters. The van der Waals surface area contributed by atoms with E-state index in [2.05, 4.69) is 41.7 Å². The van der Waals surface area contributed by atoms with Crippen molar-refractivity contribution >= 4 is 5.82 Å². The molecule has 1 aromatic rings. The number of hydrogen-bond acceptors (Lipinski definition) is 4. The lowest BCUT2D eigenvalue weighted by Crippen LogP contribution is -2.33. The standard InChI is InChI=1S/C13H24N4/c1-5-12-9-13(16-11(4)15-12)17(10(2)3)8-6-7-14/h9-10H,5-8,14H2,1-4H3. The van der Waals surface area contributed by atoms with Gasteiger partial charge in [0, 0.05) is 24.3 Å². The van der Waals surface area contributed by atoms with Crippen LogP contribution in [0.25, 0.3) is 0 Å². The SMILES string of the molecule is CCc1cc(N(CCCN)C(C)C)nc(C)n1. The molecule has 0 radical (unpaired) electrons. The predicted molar refractivity (Wildman–Crippen MR) is 72.3 cm³/mol. The maximum absolute atomic E-state index is 5.58. The maximum atomic E-state index is 5.58. The molecule has 4 heteroatoms. The van der Waals surface area contributed by atoms with Gasteiger partial charge in [-0.2, -0.15) is 0 Å². The van der Waals surface area contributed by atoms with Gasteiger partial charge in [-0.1, -0.05) is 6.92 Å². The van der Waals surface area contributed by atoms with Gasteiger partial charge in [-0.15, -0.1) is 0 Å². The maximum Gasteiger partial charge on any atom is 0.132 e. The van der Waals surface area contributed by atoms with Gasteiger partial charge in [0.25, 0.3) is 0 Å². The van der Waals surface area contributed by atoms with Gasteiger partial charge in [-0.05, 0) is 40.2 Å². The van der Waals surface area contributed by atoms with Crippen LogP contribution in [0.2, 0.25) is 0 Å². The first-order chi connectivity index (χ1) is 8.08. The molecule has 2 N–H and O–H groups in total. The molecule has 0 fully saturated rings. The molecule has 0 unspecified atom stereocenters. The molecule has 17 heavy (non-hydrogen) atoms. The molecule has 4 nitrogen and oxygen atoms in total. The first kappa shape index (κ1) is 13.9. The molecule has 96 valence electrons. The Kier molecular flexibility index (Phi) is 5.35. The van der Waals surface area contributed by atoms with Gasteiger partial charge in [0.15, 0.2) is 0 Å². The molecular formula is C13H24N4. The highest BCUT2D eigenvalue weighted by atomic mass is 15.2. The van der Waals surface area contributed by atoms with Crippen LogP contribution in [-0.4, -0.2) is 29.1 Å². The highest BCUT2D eigenvalue weighted by Gasteiger charge is 2.12. The van der Waals surface area contributed by atoms with E-state index in [9.17, 15) is 0 Å². The Morgan fingerprint density at radius 3 is 2.59 bits per heavy atom. The Balaban J connectivity index is 2.96. The van der Waals surface area contributed by atoms with Crippen molar-refractivity contribution in [2.45, 2.75) is 46.6 Å². The largest absolute Gasteiger partial charge is 0.354 e. The molecule has 0 aliphatic carbocycles. The van der Waals surface area contributed by atoms with E-state index in [-0.39, 0.29) is 0 Å². The number of rotatable bonds is 6. The molecule has 0 spiro atoms. The quantitative estimate of drug-likeness (QED) is 0.819. The van der Waals surface area contributed by atoms with E-state index < -0.39 is 0 Å². The fraction of sp³-hybridized carbons (Fsp3) is 0.692. The van der Waals surface area contributed by atoms with Crippen molar-refractivity contribution in [2.75, 3.05) is 18.0 Å². The van der Waals surface area contributed by atoms with Crippen molar-refractivity contribution in [2.24, 2.45) is 5.73 Å². The van der Waals surface area contributed by atoms with Crippen molar-refractivity contribution in [1.82, 2.24) is 9.97 Å². The normalized spacial score (nSPS) is 10.9. The molecule has 0 amide bonds. The predicted octanol–water partition coefficient (Wildman–Crippen LogP) is 1.91. The summed E-state index contributed by atoms with van der Waals surface area (Å²) in [5.41, 5.74) is 6.68. The second kappa shape index (κ2) is 6.55. The lowest BCUT2D eigenvalue weighted by Gasteiger charge is -2.28. The van der Waals surface area contributed by atoms with Crippen LogP contribution in [0.15, 0.2) is 6.07 Å². The van der Waals surface area contributed by atoms with Gasteiger partial charge in [0.05, 0.1) is 0 Å². The summed E-state index contributed by atoms with van der Waals surface area (Å²) in [4.78, 5) is 11.2. The number of hydrogen-bond donors (Lipinski definition) is 1. The molecule has 0 aromatic carbocycles. The summed E-state index contributed by atoms with van der Waals surface area (Å²) in [5.74, 6) is 1.87. The zero-order valence-electron chi connectivity index (χ0n) is 11.4. The Morgan fingerprint density at radius 2 is 2.06 bits per heavy atom. The monoisotopic (exact) mass is 236 g/mol. The number of aryl methyl sites for hydroxylation is 2. The van der Waals surface area contributed by atoms with Crippen LogP contribution >= 0.6 is 0 Å². The fourth-order valence-electron chi connectivity index (χ4n) is 1.84. The smallest absolute Gasteiger partial charge is 0.132 e. The van der Waals surface area contributed by atoms with Gasteiger partial charge in [0.1, 0.15) is 11.6 Å². The van der Waals surface area contributed by atoms with Crippen LogP contribution in [0, 0.1) is 6.92 Å². The van der Waals surface area contributed by atoms with E-state index in [1.807, 2.05) is 6.92 Å². The minimum Gasteiger partial charge on any atom is -0.354 e. The third-order valence-corrected chi connectivity index (χ3v) is 2.76. The van der Waals surface area contributed by atoms with Gasteiger partial charge >= 0.3 is 0 Å². The molecule has 0 bridgehead atoms. The highest BCUT2D eigenvalue weighted by Crippen LogP contribution is 2.16. The Hall–Kier alpha value is -1.16. The molecule has 0 saturated carbocycles. The average molecular weight is 236 g/mol. The Morgan fingerprint density at radius 1 is 1.35 bits per heavy atom. The Bertz CT molecular complexity index is 349. The highest BCUT2D eigenvalue weighted by molar-refractivity contribution is 5.40. The molecule has 0 aliphatic rings. The molecular weight excluding hydrogens is 212 g/mol. The summed E-state index contributed by atoms with van der Waals surface area (Å²) >= 11 is 0. The van der Waals surface area contributed by atoms with Gasteiger partial charge < -0.3 is 10.6 Å². The number of nitrogens with zero attached hydrogens (tertiary/aromatic N) is 3. The van der Waals surface area contributed by atoms with Crippen molar-refractivity contribution < 1.29 is 0 Å². The topological polar surface area (TPSA) is 55.0 Å². The van der Waals surface area contributed by atoms with E-state index in [0.29, 0.717) is 12.6 Å². The lowest BCUT2D eigenvalue weighted by atomic mass is 10.2. The van der Waals surface area contributed by atoms with Crippen molar-refractivity contribution in [1.29, 1.82) is 0 Å². The summed E-state index contributed by atoms with van der Waals surface area (Å²) in [5, 5.41) is 0. The Labute approximate surface area is 104 Å². The van der Waals surface area contributed by atoms with E-state index in [4.69, 9.17) is 5.73 Å². The van der Waals surface area contributed by atoms with E-state index >= 15 is 0 Å². The zero-order valence-corrected chi connectivity index (χ0v) is 11.4. The minimum absolute atomic E-state index is 0.431. The fourth-order valence-corrected chi connectivity index (χ4v) is 1.84. The van der Waals surface area contributed by atoms with E-state index in [1.165, 1.54) is 0 Å². The number of nitrogens with two attached hydrogens (primary N) is 1. The van der Waals surface area contributed by atoms with Gasteiger partial charge in [0.2, 0.25) is 0 Å². The third kappa shape index (κ3) is 3.97. The first-order valence-corrected chi connectivity index (χ1v) is 6.39. The van der Waals surface area contributed by atoms with Gasteiger partial charge in [-0.25, -0.2) is 9.97 Å². The number of aromatic nitrogens is 2. The molecule has 0 saturated heterocycles. The average Bonchev–Trinajstić information content (AvgIpc) is 2.28. The summed E-state index contributed by atoms with van der Waals surface area (Å²) in [6.07, 6.45) is 1.93. The van der Waals surface area contributed by atoms with Crippen molar-refractivity contribution in [3.8, 4) is 0 Å². The molecule has 1 heterocycles. The van der Waals surface area contributed by atoms with Crippen LogP contribution in [-0.2, 0) is 6.42 Å². The van der Waals surface area contributed by atoms with Crippen LogP contribution in [0.1, 0.15) is 38.7 Å². The molecule has 0 aliphatic heterocycles. The molecule has 1 rings (SSSR count). The number of anilines is 1. The van der Waals surface area contributed by atoms with Crippen molar-refractivity contribution in [3.63, 3.8) is 0 Å². The first-order valence-electron chi connectivity index (χ1n) is 6.39. The summed E-state index contributed by atoms with van der Waals surface area (Å²) < 4.78 is 0. The van der Waals surface area contributed by atoms with Crippen LogP contribution in [0.4, 0.5) is 5.82 Å². The van der Waals surface area contributed by atoms with Crippen LogP contribution < -0.4 is 10.6 Å². The van der Waals surface area contributed by atoms with Gasteiger partial charge in [-0.3, -0.25) is 0 Å². The summed E-state index contributed by atoms with van der Waals surface area (Å²) in [6.45, 7) is 10.1. The lowest BCUT2D eigenvalue weighted by molar-refractivity contribution is 0.645. The van der Waals surface area contributed by atoms with E-state index in [0.717, 1.165) is 36.7 Å².